The molecule has 0 aliphatic rings. The highest BCUT2D eigenvalue weighted by Gasteiger charge is 2.18. The summed E-state index contributed by atoms with van der Waals surface area (Å²) >= 11 is 0. The van der Waals surface area contributed by atoms with Crippen LogP contribution in [-0.4, -0.2) is 24.9 Å². The van der Waals surface area contributed by atoms with Crippen LogP contribution in [0, 0.1) is 12.7 Å². The quantitative estimate of drug-likeness (QED) is 0.553. The van der Waals surface area contributed by atoms with Gasteiger partial charge in [-0.1, -0.05) is 0 Å². The maximum absolute atomic E-state index is 13.3. The molecule has 0 fully saturated rings. The molecule has 0 saturated heterocycles. The number of nitrogens with zero attached hydrogens (tertiary/aromatic N) is 1. The average molecular weight is 312 g/mol. The third kappa shape index (κ3) is 3.79. The minimum absolute atomic E-state index is 0.000557. The maximum Gasteiger partial charge on any atom is 0.240 e. The molecular weight excluding hydrogens is 295 g/mol. The molecular formula is C13H17FN4O2S. The number of rotatable bonds is 6. The predicted molar refractivity (Wildman–Crippen MR) is 77.6 cm³/mol. The van der Waals surface area contributed by atoms with Gasteiger partial charge in [-0.05, 0) is 31.0 Å². The lowest BCUT2D eigenvalue weighted by molar-refractivity contribution is 0.577. The third-order valence-corrected chi connectivity index (χ3v) is 4.62. The van der Waals surface area contributed by atoms with E-state index in [-0.39, 0.29) is 17.1 Å². The minimum Gasteiger partial charge on any atom is -0.396 e. The first-order chi connectivity index (χ1) is 9.90. The van der Waals surface area contributed by atoms with Gasteiger partial charge in [0.25, 0.3) is 0 Å². The van der Waals surface area contributed by atoms with Crippen LogP contribution in [-0.2, 0) is 16.4 Å². The van der Waals surface area contributed by atoms with Gasteiger partial charge >= 0.3 is 0 Å². The van der Waals surface area contributed by atoms with Crippen molar-refractivity contribution in [1.29, 1.82) is 0 Å². The first-order valence-electron chi connectivity index (χ1n) is 6.43. The molecule has 1 heterocycles. The fourth-order valence-corrected chi connectivity index (χ4v) is 3.27. The molecule has 8 heteroatoms. The summed E-state index contributed by atoms with van der Waals surface area (Å²) in [6, 6.07) is 2.26. The number of nitrogen functional groups attached to an aromatic ring is 1. The highest BCUT2D eigenvalue weighted by Crippen LogP contribution is 2.21. The number of aromatic nitrogens is 2. The number of hydrogen-bond acceptors (Lipinski definition) is 4. The largest absolute Gasteiger partial charge is 0.396 e. The van der Waals surface area contributed by atoms with E-state index in [1.54, 1.807) is 12.4 Å². The second-order valence-electron chi connectivity index (χ2n) is 4.68. The normalized spacial score (nSPS) is 11.7. The van der Waals surface area contributed by atoms with E-state index in [1.165, 1.54) is 6.92 Å². The van der Waals surface area contributed by atoms with Crippen molar-refractivity contribution in [3.05, 3.63) is 41.7 Å². The molecule has 21 heavy (non-hydrogen) atoms. The van der Waals surface area contributed by atoms with Crippen molar-refractivity contribution < 1.29 is 12.8 Å². The van der Waals surface area contributed by atoms with Crippen LogP contribution in [0.15, 0.2) is 29.4 Å². The first-order valence-corrected chi connectivity index (χ1v) is 7.92. The number of imidazole rings is 1. The van der Waals surface area contributed by atoms with Crippen LogP contribution < -0.4 is 10.5 Å². The number of nitrogens with one attached hydrogen (secondary N) is 2. The van der Waals surface area contributed by atoms with Gasteiger partial charge in [0.2, 0.25) is 10.0 Å². The number of hydrogen-bond donors (Lipinski definition) is 3. The van der Waals surface area contributed by atoms with E-state index in [9.17, 15) is 12.8 Å². The summed E-state index contributed by atoms with van der Waals surface area (Å²) in [5, 5.41) is 0. The monoisotopic (exact) mass is 312 g/mol. The Hall–Kier alpha value is -1.93. The Morgan fingerprint density at radius 1 is 1.43 bits per heavy atom. The summed E-state index contributed by atoms with van der Waals surface area (Å²) in [5.41, 5.74) is 5.56. The predicted octanol–water partition coefficient (Wildman–Crippen LogP) is 1.35. The first kappa shape index (κ1) is 15.5. The second kappa shape index (κ2) is 6.23. The fraction of sp³-hybridized carbons (Fsp3) is 0.308. The molecule has 0 amide bonds. The maximum atomic E-state index is 13.3. The van der Waals surface area contributed by atoms with Crippen LogP contribution in [0.3, 0.4) is 0 Å². The SMILES string of the molecule is Cc1cc(F)c(N)cc1S(=O)(=O)NCCCc1ncc[nH]1. The molecule has 4 N–H and O–H groups in total. The van der Waals surface area contributed by atoms with Crippen LogP contribution >= 0.6 is 0 Å². The van der Waals surface area contributed by atoms with Crippen molar-refractivity contribution in [2.75, 3.05) is 12.3 Å². The molecule has 1 aromatic carbocycles. The molecule has 0 aliphatic carbocycles. The molecule has 6 nitrogen and oxygen atoms in total. The van der Waals surface area contributed by atoms with Gasteiger partial charge < -0.3 is 10.7 Å². The molecule has 2 rings (SSSR count). The molecule has 0 atom stereocenters. The van der Waals surface area contributed by atoms with Gasteiger partial charge in [0.1, 0.15) is 11.6 Å². The van der Waals surface area contributed by atoms with Crippen LogP contribution in [0.1, 0.15) is 17.8 Å². The molecule has 0 saturated carbocycles. The number of nitrogens with two attached hydrogens (primary N) is 1. The second-order valence-corrected chi connectivity index (χ2v) is 6.41. The van der Waals surface area contributed by atoms with Crippen molar-refractivity contribution in [1.82, 2.24) is 14.7 Å². The highest BCUT2D eigenvalue weighted by molar-refractivity contribution is 7.89. The Morgan fingerprint density at radius 2 is 2.19 bits per heavy atom. The van der Waals surface area contributed by atoms with Crippen LogP contribution in [0.5, 0.6) is 0 Å². The van der Waals surface area contributed by atoms with Gasteiger partial charge in [0, 0.05) is 25.4 Å². The third-order valence-electron chi connectivity index (χ3n) is 3.02. The topological polar surface area (TPSA) is 101 Å². The van der Waals surface area contributed by atoms with E-state index in [2.05, 4.69) is 14.7 Å². The molecule has 114 valence electrons. The van der Waals surface area contributed by atoms with Crippen LogP contribution in [0.25, 0.3) is 0 Å². The number of benzene rings is 1. The number of halogens is 1. The van der Waals surface area contributed by atoms with Crippen molar-refractivity contribution in [3.8, 4) is 0 Å². The van der Waals surface area contributed by atoms with Gasteiger partial charge in [0.15, 0.2) is 0 Å². The number of sulfonamides is 1. The van der Waals surface area contributed by atoms with Crippen molar-refractivity contribution in [2.45, 2.75) is 24.7 Å². The smallest absolute Gasteiger partial charge is 0.240 e. The number of aryl methyl sites for hydroxylation is 2. The zero-order valence-electron chi connectivity index (χ0n) is 11.6. The molecule has 0 unspecified atom stereocenters. The summed E-state index contributed by atoms with van der Waals surface area (Å²) in [4.78, 5) is 7.00. The van der Waals surface area contributed by atoms with Crippen LogP contribution in [0.2, 0.25) is 0 Å². The van der Waals surface area contributed by atoms with Gasteiger partial charge in [0.05, 0.1) is 10.6 Å². The highest BCUT2D eigenvalue weighted by atomic mass is 32.2. The average Bonchev–Trinajstić information content (AvgIpc) is 2.92. The molecule has 0 bridgehead atoms. The van der Waals surface area contributed by atoms with Crippen molar-refractivity contribution in [3.63, 3.8) is 0 Å². The summed E-state index contributed by atoms with van der Waals surface area (Å²) in [6.45, 7) is 1.79. The van der Waals surface area contributed by atoms with Gasteiger partial charge in [-0.15, -0.1) is 0 Å². The molecule has 2 aromatic rings. The summed E-state index contributed by atoms with van der Waals surface area (Å²) < 4.78 is 40.1. The molecule has 0 aliphatic heterocycles. The van der Waals surface area contributed by atoms with E-state index in [0.29, 0.717) is 18.4 Å². The standard InChI is InChI=1S/C13H17FN4O2S/c1-9-7-10(14)11(15)8-12(9)21(19,20)18-4-2-3-13-16-5-6-17-13/h5-8,18H,2-4,15H2,1H3,(H,16,17). The summed E-state index contributed by atoms with van der Waals surface area (Å²) in [5.74, 6) is 0.181. The number of anilines is 1. The van der Waals surface area contributed by atoms with E-state index >= 15 is 0 Å². The van der Waals surface area contributed by atoms with Crippen molar-refractivity contribution in [2.24, 2.45) is 0 Å². The van der Waals surface area contributed by atoms with Crippen molar-refractivity contribution >= 4 is 15.7 Å². The van der Waals surface area contributed by atoms with E-state index in [4.69, 9.17) is 5.73 Å². The van der Waals surface area contributed by atoms with Gasteiger partial charge in [-0.3, -0.25) is 0 Å². The summed E-state index contributed by atoms with van der Waals surface area (Å²) in [6.07, 6.45) is 4.59. The Morgan fingerprint density at radius 3 is 2.86 bits per heavy atom. The van der Waals surface area contributed by atoms with Crippen LogP contribution in [0.4, 0.5) is 10.1 Å². The van der Waals surface area contributed by atoms with Gasteiger partial charge in [-0.2, -0.15) is 0 Å². The lowest BCUT2D eigenvalue weighted by atomic mass is 10.2. The Kier molecular flexibility index (Phi) is 4.59. The van der Waals surface area contributed by atoms with E-state index in [1.807, 2.05) is 0 Å². The molecule has 1 aromatic heterocycles. The fourth-order valence-electron chi connectivity index (χ4n) is 1.93. The van der Waals surface area contributed by atoms with Gasteiger partial charge in [-0.25, -0.2) is 22.5 Å². The zero-order chi connectivity index (χ0) is 15.5. The Labute approximate surface area is 122 Å². The summed E-state index contributed by atoms with van der Waals surface area (Å²) in [7, 11) is -3.70. The molecule has 0 spiro atoms. The number of H-pyrrole nitrogens is 1. The Bertz CT molecular complexity index is 714. The Balaban J connectivity index is 2.00. The van der Waals surface area contributed by atoms with E-state index < -0.39 is 15.8 Å². The zero-order valence-corrected chi connectivity index (χ0v) is 12.4. The number of aromatic amines is 1. The minimum atomic E-state index is -3.70. The molecule has 0 radical (unpaired) electrons. The van der Waals surface area contributed by atoms with E-state index in [0.717, 1.165) is 18.0 Å². The lowest BCUT2D eigenvalue weighted by Crippen LogP contribution is -2.26. The lowest BCUT2D eigenvalue weighted by Gasteiger charge is -2.10.